The molecule has 0 aliphatic carbocycles. The number of fused-ring (bicyclic) bond motifs is 1. The van der Waals surface area contributed by atoms with Gasteiger partial charge in [-0.15, -0.1) is 5.11 Å². The molecule has 0 fully saturated rings. The highest BCUT2D eigenvalue weighted by Crippen LogP contribution is 2.28. The Morgan fingerprint density at radius 1 is 1.13 bits per heavy atom. The van der Waals surface area contributed by atoms with E-state index in [9.17, 15) is 14.9 Å². The average molecular weight is 505 g/mol. The van der Waals surface area contributed by atoms with E-state index >= 15 is 0 Å². The number of hydrogen-bond donors (Lipinski definition) is 2. The Bertz CT molecular complexity index is 1750. The molecule has 186 valence electrons. The number of carbonyl (C=O) groups is 1. The second-order valence-electron chi connectivity index (χ2n) is 7.87. The molecule has 1 unspecified atom stereocenters. The Labute approximate surface area is 215 Å². The summed E-state index contributed by atoms with van der Waals surface area (Å²) in [6, 6.07) is 19.4. The fourth-order valence-corrected chi connectivity index (χ4v) is 3.69. The zero-order valence-corrected chi connectivity index (χ0v) is 19.9. The van der Waals surface area contributed by atoms with E-state index in [0.29, 0.717) is 28.2 Å². The van der Waals surface area contributed by atoms with Crippen molar-refractivity contribution in [1.82, 2.24) is 24.7 Å². The van der Waals surface area contributed by atoms with E-state index in [-0.39, 0.29) is 17.2 Å². The number of aromatic amines is 1. The number of amides is 1. The van der Waals surface area contributed by atoms with Crippen LogP contribution in [0, 0.1) is 11.3 Å². The van der Waals surface area contributed by atoms with Gasteiger partial charge in [-0.1, -0.05) is 30.3 Å². The molecule has 12 heteroatoms. The second kappa shape index (κ2) is 10.5. The van der Waals surface area contributed by atoms with E-state index in [1.165, 1.54) is 18.0 Å². The van der Waals surface area contributed by atoms with Gasteiger partial charge >= 0.3 is 0 Å². The van der Waals surface area contributed by atoms with Crippen LogP contribution in [0.3, 0.4) is 0 Å². The second-order valence-corrected chi connectivity index (χ2v) is 7.87. The van der Waals surface area contributed by atoms with E-state index < -0.39 is 17.5 Å². The molecule has 1 amide bonds. The molecule has 3 aromatic heterocycles. The lowest BCUT2D eigenvalue weighted by Crippen LogP contribution is -2.24. The van der Waals surface area contributed by atoms with Crippen molar-refractivity contribution in [3.05, 3.63) is 101 Å². The first-order valence-electron chi connectivity index (χ1n) is 11.3. The summed E-state index contributed by atoms with van der Waals surface area (Å²) in [4.78, 5) is 37.6. The van der Waals surface area contributed by atoms with Crippen LogP contribution in [-0.2, 0) is 4.79 Å². The molecular formula is C26H19N9O3. The number of nitriles is 1. The van der Waals surface area contributed by atoms with Gasteiger partial charge in [-0.25, -0.2) is 9.97 Å². The number of pyridine rings is 1. The number of benzene rings is 2. The van der Waals surface area contributed by atoms with Crippen molar-refractivity contribution in [2.24, 2.45) is 10.2 Å². The van der Waals surface area contributed by atoms with Gasteiger partial charge in [-0.3, -0.25) is 9.59 Å². The number of carbonyl (C=O) groups excluding carboxylic acids is 1. The smallest absolute Gasteiger partial charge is 0.259 e. The van der Waals surface area contributed by atoms with E-state index in [4.69, 9.17) is 4.74 Å². The standard InChI is InChI=1S/C26H19N9O3/c1-38-20-11-5-4-10-19(20)31-26(37)22(23-30-18-9-3-2-8-17(18)25(36)32-23)33-34-24-16(14-27)15-29-35(24)21-12-6-7-13-28-21/h2-13,15,22H,1H3,(H,31,37)(H,30,32,36). The predicted molar refractivity (Wildman–Crippen MR) is 137 cm³/mol. The number of methoxy groups -OCH3 is 1. The number of azo groups is 1. The summed E-state index contributed by atoms with van der Waals surface area (Å²) in [5, 5.41) is 25.3. The van der Waals surface area contributed by atoms with Crippen molar-refractivity contribution in [1.29, 1.82) is 5.26 Å². The van der Waals surface area contributed by atoms with Crippen LogP contribution >= 0.6 is 0 Å². The Hall–Kier alpha value is -5.70. The van der Waals surface area contributed by atoms with E-state index in [1.54, 1.807) is 72.9 Å². The normalized spacial score (nSPS) is 11.8. The van der Waals surface area contributed by atoms with E-state index in [0.717, 1.165) is 0 Å². The summed E-state index contributed by atoms with van der Waals surface area (Å²) in [6.45, 7) is 0. The zero-order chi connectivity index (χ0) is 26.5. The molecule has 3 heterocycles. The van der Waals surface area contributed by atoms with Crippen LogP contribution in [0.1, 0.15) is 17.4 Å². The first kappa shape index (κ1) is 24.0. The van der Waals surface area contributed by atoms with Gasteiger partial charge in [-0.2, -0.15) is 20.2 Å². The Balaban J connectivity index is 1.61. The number of aromatic nitrogens is 5. The lowest BCUT2D eigenvalue weighted by molar-refractivity contribution is -0.117. The van der Waals surface area contributed by atoms with Gasteiger partial charge in [0.2, 0.25) is 6.04 Å². The third kappa shape index (κ3) is 4.71. The molecule has 0 aliphatic rings. The molecule has 0 saturated carbocycles. The number of ether oxygens (including phenoxy) is 1. The maximum absolute atomic E-state index is 13.5. The molecule has 0 spiro atoms. The van der Waals surface area contributed by atoms with Gasteiger partial charge in [0.1, 0.15) is 23.2 Å². The molecular weight excluding hydrogens is 486 g/mol. The highest BCUT2D eigenvalue weighted by atomic mass is 16.5. The first-order valence-corrected chi connectivity index (χ1v) is 11.3. The summed E-state index contributed by atoms with van der Waals surface area (Å²) in [6.07, 6.45) is 2.89. The monoisotopic (exact) mass is 505 g/mol. The number of hydrogen-bond acceptors (Lipinski definition) is 9. The molecule has 38 heavy (non-hydrogen) atoms. The summed E-state index contributed by atoms with van der Waals surface area (Å²) < 4.78 is 6.65. The molecule has 1 atom stereocenters. The molecule has 2 aromatic carbocycles. The number of anilines is 1. The molecule has 0 aliphatic heterocycles. The van der Waals surface area contributed by atoms with Crippen molar-refractivity contribution in [2.75, 3.05) is 12.4 Å². The van der Waals surface area contributed by atoms with Crippen molar-refractivity contribution in [3.8, 4) is 17.6 Å². The van der Waals surface area contributed by atoms with E-state index in [2.05, 4.69) is 35.6 Å². The van der Waals surface area contributed by atoms with Gasteiger partial charge in [0.05, 0.1) is 29.9 Å². The molecule has 2 N–H and O–H groups in total. The van der Waals surface area contributed by atoms with Crippen LogP contribution in [-0.4, -0.2) is 37.7 Å². The van der Waals surface area contributed by atoms with Gasteiger partial charge in [-0.05, 0) is 36.4 Å². The molecule has 0 saturated heterocycles. The lowest BCUT2D eigenvalue weighted by atomic mass is 10.2. The highest BCUT2D eigenvalue weighted by Gasteiger charge is 2.26. The fraction of sp³-hybridized carbons (Fsp3) is 0.0769. The zero-order valence-electron chi connectivity index (χ0n) is 19.9. The van der Waals surface area contributed by atoms with Crippen LogP contribution in [0.15, 0.2) is 94.1 Å². The Morgan fingerprint density at radius 2 is 1.92 bits per heavy atom. The third-order valence-electron chi connectivity index (χ3n) is 5.50. The van der Waals surface area contributed by atoms with Gasteiger partial charge in [0.25, 0.3) is 11.5 Å². The minimum Gasteiger partial charge on any atom is -0.495 e. The average Bonchev–Trinajstić information content (AvgIpc) is 3.37. The van der Waals surface area contributed by atoms with Crippen molar-refractivity contribution in [2.45, 2.75) is 6.04 Å². The fourth-order valence-electron chi connectivity index (χ4n) is 3.69. The van der Waals surface area contributed by atoms with Crippen molar-refractivity contribution < 1.29 is 9.53 Å². The van der Waals surface area contributed by atoms with Crippen LogP contribution in [0.25, 0.3) is 16.7 Å². The number of nitrogens with one attached hydrogen (secondary N) is 2. The summed E-state index contributed by atoms with van der Waals surface area (Å²) in [5.74, 6) is 0.211. The first-order chi connectivity index (χ1) is 18.6. The highest BCUT2D eigenvalue weighted by molar-refractivity contribution is 5.96. The molecule has 5 aromatic rings. The van der Waals surface area contributed by atoms with Gasteiger partial charge in [0.15, 0.2) is 11.6 Å². The van der Waals surface area contributed by atoms with Crippen LogP contribution in [0.4, 0.5) is 11.5 Å². The predicted octanol–water partition coefficient (Wildman–Crippen LogP) is 3.85. The number of H-pyrrole nitrogens is 1. The van der Waals surface area contributed by atoms with Crippen LogP contribution < -0.4 is 15.6 Å². The summed E-state index contributed by atoms with van der Waals surface area (Å²) in [5.41, 5.74) is 0.447. The molecule has 5 rings (SSSR count). The number of para-hydroxylation sites is 3. The SMILES string of the molecule is COc1ccccc1NC(=O)C(N=Nc1c(C#N)cnn1-c1ccccn1)c1nc2ccccc2c(=O)[nH]1. The molecule has 12 nitrogen and oxygen atoms in total. The maximum atomic E-state index is 13.5. The Kier molecular flexibility index (Phi) is 6.64. The maximum Gasteiger partial charge on any atom is 0.259 e. The summed E-state index contributed by atoms with van der Waals surface area (Å²) in [7, 11) is 1.48. The van der Waals surface area contributed by atoms with Crippen molar-refractivity contribution >= 4 is 28.3 Å². The Morgan fingerprint density at radius 3 is 2.71 bits per heavy atom. The number of rotatable bonds is 7. The molecule has 0 radical (unpaired) electrons. The topological polar surface area (TPSA) is 163 Å². The summed E-state index contributed by atoms with van der Waals surface area (Å²) >= 11 is 0. The largest absolute Gasteiger partial charge is 0.495 e. The van der Waals surface area contributed by atoms with Crippen LogP contribution in [0.5, 0.6) is 5.75 Å². The van der Waals surface area contributed by atoms with Gasteiger partial charge in [0, 0.05) is 6.20 Å². The van der Waals surface area contributed by atoms with Gasteiger partial charge < -0.3 is 15.0 Å². The molecule has 0 bridgehead atoms. The van der Waals surface area contributed by atoms with Crippen LogP contribution in [0.2, 0.25) is 0 Å². The third-order valence-corrected chi connectivity index (χ3v) is 5.50. The van der Waals surface area contributed by atoms with Crippen molar-refractivity contribution in [3.63, 3.8) is 0 Å². The number of nitrogens with zero attached hydrogens (tertiary/aromatic N) is 7. The minimum atomic E-state index is -1.39. The van der Waals surface area contributed by atoms with E-state index in [1.807, 2.05) is 6.07 Å². The quantitative estimate of drug-likeness (QED) is 0.317. The minimum absolute atomic E-state index is 0.0349. The lowest BCUT2D eigenvalue weighted by Gasteiger charge is -2.14.